The molecule has 0 spiro atoms. The Balaban J connectivity index is 0.000000949. The molecule has 2 aromatic heterocycles. The van der Waals surface area contributed by atoms with Crippen LogP contribution in [-0.4, -0.2) is 73.9 Å². The van der Waals surface area contributed by atoms with Gasteiger partial charge in [0, 0.05) is 39.7 Å². The van der Waals surface area contributed by atoms with Gasteiger partial charge in [-0.05, 0) is 111 Å². The van der Waals surface area contributed by atoms with Crippen LogP contribution in [0.4, 0.5) is 11.4 Å². The van der Waals surface area contributed by atoms with Gasteiger partial charge in [0.2, 0.25) is 20.0 Å². The van der Waals surface area contributed by atoms with Crippen LogP contribution >= 0.6 is 15.9 Å². The van der Waals surface area contributed by atoms with Gasteiger partial charge >= 0.3 is 145 Å². The maximum atomic E-state index is 12.8. The van der Waals surface area contributed by atoms with E-state index in [1.165, 1.54) is 36.4 Å². The van der Waals surface area contributed by atoms with Crippen LogP contribution in [0, 0.1) is 47.9 Å². The van der Waals surface area contributed by atoms with Gasteiger partial charge in [-0.3, -0.25) is 25.0 Å². The number of rotatable bonds is 11. The second-order valence-electron chi connectivity index (χ2n) is 16.2. The molecule has 3 fully saturated rings. The topological polar surface area (TPSA) is 298 Å². The minimum atomic E-state index is -4.00. The molecule has 0 radical (unpaired) electrons. The molecular formula is C41H58BBrCs2N6O15S2. The molecule has 2 aromatic carbocycles. The predicted molar refractivity (Wildman–Crippen MR) is 245 cm³/mol. The number of hydrogen-bond donors (Lipinski definition) is 2. The van der Waals surface area contributed by atoms with E-state index >= 15 is 0 Å². The van der Waals surface area contributed by atoms with E-state index < -0.39 is 41.3 Å². The number of carbonyl (C=O) groups excluding carboxylic acids is 1. The molecule has 366 valence electrons. The molecule has 3 aliphatic rings. The summed E-state index contributed by atoms with van der Waals surface area (Å²) in [5.41, 5.74) is 2.01. The molecule has 0 atom stereocenters. The molecule has 3 heterocycles. The van der Waals surface area contributed by atoms with Gasteiger partial charge in [0.25, 0.3) is 17.8 Å². The Hall–Kier alpha value is -0.521. The van der Waals surface area contributed by atoms with Crippen LogP contribution in [0.25, 0.3) is 11.1 Å². The average molecular weight is 1300 g/mol. The Morgan fingerprint density at radius 1 is 0.750 bits per heavy atom. The summed E-state index contributed by atoms with van der Waals surface area (Å²) in [4.78, 5) is 31.5. The number of benzene rings is 2. The second-order valence-corrected chi connectivity index (χ2v) is 20.5. The predicted octanol–water partition coefficient (Wildman–Crippen LogP) is 0.838. The number of nitro groups is 2. The molecule has 0 bridgehead atoms. The molecule has 27 heteroatoms. The van der Waals surface area contributed by atoms with Crippen molar-refractivity contribution in [1.82, 2.24) is 19.8 Å². The monoisotopic (exact) mass is 1290 g/mol. The third-order valence-corrected chi connectivity index (χ3v) is 14.7. The molecule has 7 rings (SSSR count). The molecule has 68 heavy (non-hydrogen) atoms. The fraction of sp³-hybridized carbons (Fsp3) is 0.537. The third kappa shape index (κ3) is 17.9. The van der Waals surface area contributed by atoms with Crippen molar-refractivity contribution >= 4 is 66.4 Å². The van der Waals surface area contributed by atoms with E-state index in [9.17, 15) is 37.1 Å². The number of aryl methyl sites for hydroxylation is 4. The third-order valence-electron chi connectivity index (χ3n) is 11.1. The van der Waals surface area contributed by atoms with Gasteiger partial charge in [-0.15, -0.1) is 0 Å². The average Bonchev–Trinajstić information content (AvgIpc) is 4.10. The fourth-order valence-corrected chi connectivity index (χ4v) is 10.7. The van der Waals surface area contributed by atoms with Crippen LogP contribution in [0.2, 0.25) is 0 Å². The zero-order valence-corrected chi connectivity index (χ0v) is 56.3. The summed E-state index contributed by atoms with van der Waals surface area (Å²) in [7, 11) is -8.24. The Morgan fingerprint density at radius 2 is 1.15 bits per heavy atom. The van der Waals surface area contributed by atoms with Gasteiger partial charge in [0.1, 0.15) is 11.5 Å². The minimum absolute atomic E-state index is 0. The van der Waals surface area contributed by atoms with Crippen molar-refractivity contribution in [3.63, 3.8) is 0 Å². The number of halogens is 1. The Kier molecular flexibility index (Phi) is 28.3. The van der Waals surface area contributed by atoms with Crippen LogP contribution in [0.1, 0.15) is 117 Å². The number of sulfonamides is 2. The van der Waals surface area contributed by atoms with Crippen LogP contribution in [-0.2, 0) is 39.0 Å². The normalized spacial score (nSPS) is 16.1. The SMILES string of the molecule is CC.Cc1noc(C)c1-c1ccc([N+](=O)[O-])c(S(=O)(=O)NC2CCCC2)c1.Cc1noc(C)c1B1OC(C)(C)C(C)(C)O1.O=CO[O-].O=[N+]([O-])c1ccc(Br)cc1S(=O)(=O)NC1CCCC1.[Cs+].[Cs+].[H-]. The van der Waals surface area contributed by atoms with Crippen molar-refractivity contribution in [3.8, 4) is 11.1 Å². The molecule has 2 saturated carbocycles. The largest absolute Gasteiger partial charge is 1.00 e. The number of hydrogen-bond acceptors (Lipinski definition) is 17. The summed E-state index contributed by atoms with van der Waals surface area (Å²) >= 11 is 3.14. The van der Waals surface area contributed by atoms with Crippen molar-refractivity contribution in [2.24, 2.45) is 0 Å². The summed E-state index contributed by atoms with van der Waals surface area (Å²) in [6, 6.07) is 7.65. The molecule has 1 aliphatic heterocycles. The van der Waals surface area contributed by atoms with Gasteiger partial charge in [0.05, 0.1) is 32.4 Å². The number of carbonyl (C=O) groups is 1. The zero-order valence-electron chi connectivity index (χ0n) is 41.5. The smallest absolute Gasteiger partial charge is 1.00 e. The summed E-state index contributed by atoms with van der Waals surface area (Å²) in [6.07, 6.45) is 6.92. The molecule has 21 nitrogen and oxygen atoms in total. The molecule has 4 aromatic rings. The molecule has 0 unspecified atom stereocenters. The quantitative estimate of drug-likeness (QED) is 0.0691. The van der Waals surface area contributed by atoms with Gasteiger partial charge in [-0.2, -0.15) is 0 Å². The van der Waals surface area contributed by atoms with Gasteiger partial charge in [-0.1, -0.05) is 65.8 Å². The van der Waals surface area contributed by atoms with E-state index in [4.69, 9.17) is 28.4 Å². The van der Waals surface area contributed by atoms with Crippen molar-refractivity contribution in [2.75, 3.05) is 0 Å². The van der Waals surface area contributed by atoms with E-state index in [1.807, 2.05) is 55.4 Å². The number of nitrogens with zero attached hydrogens (tertiary/aromatic N) is 4. The minimum Gasteiger partial charge on any atom is -1.00 e. The first-order chi connectivity index (χ1) is 30.9. The van der Waals surface area contributed by atoms with Crippen LogP contribution < -0.4 is 158 Å². The number of nitrogens with one attached hydrogen (secondary N) is 2. The van der Waals surface area contributed by atoms with Crippen molar-refractivity contribution in [2.45, 2.75) is 154 Å². The maximum absolute atomic E-state index is 12.8. The first kappa shape index (κ1) is 65.5. The number of nitro benzene ring substituents is 2. The molecule has 2 aliphatic carbocycles. The maximum Gasteiger partial charge on any atom is 1.00 e. The standard InChI is InChI=1S/C16H19N3O5S.C11H18BNO3.C11H13BrN2O4S.C2H6.CH2O3.2Cs.H/c1-10-16(11(2)24-17-10)12-7-8-14(19(20)21)15(9-12)25(22,23)18-13-5-3-4-6-13;1-7-9(8(2)14-13-7)12-15-10(3,4)11(5,6)16-12;12-8-5-6-10(14(15)16)11(7-8)19(17,18)13-9-3-1-2-4-9;1-2;2-1-4-3;;;/h7-9,13,18H,3-6H2,1-2H3;1-6H3;5-7,9,13H,1-4H2;1-2H3;1,3H;;;/q;;;;;2*+1;-1/p-1. The van der Waals surface area contributed by atoms with Gasteiger partial charge in [0.15, 0.2) is 9.79 Å². The first-order valence-electron chi connectivity index (χ1n) is 21.1. The van der Waals surface area contributed by atoms with Crippen LogP contribution in [0.5, 0.6) is 0 Å². The Bertz CT molecular complexity index is 2490. The summed E-state index contributed by atoms with van der Waals surface area (Å²) in [6.45, 7) is 19.2. The summed E-state index contributed by atoms with van der Waals surface area (Å²) < 4.78 is 77.7. The van der Waals surface area contributed by atoms with Crippen LogP contribution in [0.15, 0.2) is 59.7 Å². The van der Waals surface area contributed by atoms with E-state index in [0.717, 1.165) is 68.3 Å². The van der Waals surface area contributed by atoms with E-state index in [0.29, 0.717) is 27.1 Å². The van der Waals surface area contributed by atoms with Crippen molar-refractivity contribution in [3.05, 3.63) is 84.0 Å². The Morgan fingerprint density at radius 3 is 1.51 bits per heavy atom. The first-order valence-corrected chi connectivity index (χ1v) is 24.8. The molecule has 0 amide bonds. The second kappa shape index (κ2) is 29.4. The summed E-state index contributed by atoms with van der Waals surface area (Å²) in [5, 5.41) is 38.4. The molecule has 1 saturated heterocycles. The molecule has 2 N–H and O–H groups in total. The van der Waals surface area contributed by atoms with Crippen LogP contribution in [0.3, 0.4) is 0 Å². The number of aromatic nitrogens is 2. The van der Waals surface area contributed by atoms with E-state index in [-0.39, 0.29) is 186 Å². The Labute approximate surface area is 525 Å². The van der Waals surface area contributed by atoms with E-state index in [2.05, 4.69) is 40.6 Å². The fourth-order valence-electron chi connectivity index (χ4n) is 7.23. The van der Waals surface area contributed by atoms with Crippen molar-refractivity contribution in [1.29, 1.82) is 0 Å². The molecular weight excluding hydrogens is 1240 g/mol. The zero-order chi connectivity index (χ0) is 49.8. The van der Waals surface area contributed by atoms with Gasteiger partial charge < -0.3 is 29.9 Å². The van der Waals surface area contributed by atoms with E-state index in [1.54, 1.807) is 13.8 Å². The van der Waals surface area contributed by atoms with Gasteiger partial charge in [-0.25, -0.2) is 26.3 Å². The summed E-state index contributed by atoms with van der Waals surface area (Å²) in [5.74, 6) is 1.29. The van der Waals surface area contributed by atoms with Crippen molar-refractivity contribution < 1.29 is 199 Å².